The van der Waals surface area contributed by atoms with Crippen molar-refractivity contribution in [3.05, 3.63) is 65.6 Å². The molecule has 0 unspecified atom stereocenters. The Morgan fingerprint density at radius 3 is 2.76 bits per heavy atom. The summed E-state index contributed by atoms with van der Waals surface area (Å²) in [5.41, 5.74) is 2.31. The Kier molecular flexibility index (Phi) is 3.31. The lowest BCUT2D eigenvalue weighted by atomic mass is 10.2. The molecular weight excluding hydrogens is 268 g/mol. The molecule has 0 radical (unpaired) electrons. The van der Waals surface area contributed by atoms with Gasteiger partial charge in [0, 0.05) is 12.3 Å². The van der Waals surface area contributed by atoms with Gasteiger partial charge >= 0.3 is 5.97 Å². The monoisotopic (exact) mass is 282 g/mol. The van der Waals surface area contributed by atoms with Crippen molar-refractivity contribution in [2.24, 2.45) is 0 Å². The molecule has 0 amide bonds. The van der Waals surface area contributed by atoms with Crippen LogP contribution < -0.4 is 4.74 Å². The van der Waals surface area contributed by atoms with Gasteiger partial charge in [-0.2, -0.15) is 0 Å². The average molecular weight is 282 g/mol. The molecule has 21 heavy (non-hydrogen) atoms. The number of carbonyl (C=O) groups is 1. The number of aromatic carboxylic acids is 1. The Bertz CT molecular complexity index is 794. The lowest BCUT2D eigenvalue weighted by Crippen LogP contribution is -2.03. The van der Waals surface area contributed by atoms with Gasteiger partial charge in [-0.1, -0.05) is 30.3 Å². The van der Waals surface area contributed by atoms with E-state index in [-0.39, 0.29) is 5.69 Å². The number of nitrogens with zero attached hydrogens (tertiary/aromatic N) is 2. The van der Waals surface area contributed by atoms with Crippen LogP contribution in [0.2, 0.25) is 0 Å². The lowest BCUT2D eigenvalue weighted by molar-refractivity contribution is 0.0688. The first-order valence-electron chi connectivity index (χ1n) is 6.54. The summed E-state index contributed by atoms with van der Waals surface area (Å²) in [7, 11) is 0. The summed E-state index contributed by atoms with van der Waals surface area (Å²) < 4.78 is 7.26. The van der Waals surface area contributed by atoms with Gasteiger partial charge in [0.25, 0.3) is 0 Å². The zero-order chi connectivity index (χ0) is 14.8. The third kappa shape index (κ3) is 2.58. The van der Waals surface area contributed by atoms with Crippen molar-refractivity contribution < 1.29 is 14.6 Å². The first-order valence-corrected chi connectivity index (χ1v) is 6.54. The maximum absolute atomic E-state index is 11.2. The molecule has 0 bridgehead atoms. The normalized spacial score (nSPS) is 10.7. The van der Waals surface area contributed by atoms with E-state index in [0.717, 1.165) is 5.56 Å². The molecule has 0 fully saturated rings. The third-order valence-electron chi connectivity index (χ3n) is 3.22. The van der Waals surface area contributed by atoms with Gasteiger partial charge < -0.3 is 9.84 Å². The van der Waals surface area contributed by atoms with Crippen LogP contribution in [0.1, 0.15) is 21.7 Å². The Labute approximate surface area is 121 Å². The van der Waals surface area contributed by atoms with Gasteiger partial charge in [-0.3, -0.25) is 4.40 Å². The zero-order valence-corrected chi connectivity index (χ0v) is 11.5. The first kappa shape index (κ1) is 13.2. The second kappa shape index (κ2) is 5.28. The molecule has 1 N–H and O–H groups in total. The lowest BCUT2D eigenvalue weighted by Gasteiger charge is -2.06. The minimum atomic E-state index is -0.988. The van der Waals surface area contributed by atoms with Crippen molar-refractivity contribution in [1.82, 2.24) is 9.38 Å². The summed E-state index contributed by atoms with van der Waals surface area (Å²) in [6.07, 6.45) is 1.67. The van der Waals surface area contributed by atoms with Crippen molar-refractivity contribution >= 4 is 11.6 Å². The Balaban J connectivity index is 1.86. The number of imidazole rings is 1. The van der Waals surface area contributed by atoms with Crippen LogP contribution in [0.25, 0.3) is 5.65 Å². The highest BCUT2D eigenvalue weighted by molar-refractivity contribution is 5.88. The quantitative estimate of drug-likeness (QED) is 0.799. The highest BCUT2D eigenvalue weighted by Gasteiger charge is 2.15. The number of ether oxygens (including phenoxy) is 1. The molecule has 0 saturated heterocycles. The number of aromatic nitrogens is 2. The average Bonchev–Trinajstić information content (AvgIpc) is 2.81. The van der Waals surface area contributed by atoms with E-state index < -0.39 is 5.97 Å². The van der Waals surface area contributed by atoms with Gasteiger partial charge in [-0.25, -0.2) is 9.78 Å². The summed E-state index contributed by atoms with van der Waals surface area (Å²) in [6, 6.07) is 13.3. The molecule has 0 atom stereocenters. The number of aryl methyl sites for hydroxylation is 1. The molecule has 0 aliphatic carbocycles. The minimum Gasteiger partial charge on any atom is -0.489 e. The SMILES string of the molecule is Cc1nc2cc(OCc3ccccc3)ccn2c1C(=O)O. The summed E-state index contributed by atoms with van der Waals surface area (Å²) >= 11 is 0. The number of fused-ring (bicyclic) bond motifs is 1. The van der Waals surface area contributed by atoms with Crippen molar-refractivity contribution in [2.75, 3.05) is 0 Å². The summed E-state index contributed by atoms with van der Waals surface area (Å²) in [5, 5.41) is 9.18. The molecule has 0 aliphatic heterocycles. The largest absolute Gasteiger partial charge is 0.489 e. The van der Waals surface area contributed by atoms with Gasteiger partial charge in [0.2, 0.25) is 0 Å². The first-order chi connectivity index (χ1) is 10.1. The van der Waals surface area contributed by atoms with Crippen LogP contribution in [0.5, 0.6) is 5.75 Å². The molecule has 5 nitrogen and oxygen atoms in total. The fourth-order valence-corrected chi connectivity index (χ4v) is 2.23. The third-order valence-corrected chi connectivity index (χ3v) is 3.22. The van der Waals surface area contributed by atoms with Gasteiger partial charge in [-0.15, -0.1) is 0 Å². The van der Waals surface area contributed by atoms with E-state index in [1.54, 1.807) is 29.7 Å². The maximum Gasteiger partial charge on any atom is 0.354 e. The predicted molar refractivity (Wildman–Crippen MR) is 77.7 cm³/mol. The summed E-state index contributed by atoms with van der Waals surface area (Å²) in [6.45, 7) is 2.14. The fraction of sp³-hybridized carbons (Fsp3) is 0.125. The molecular formula is C16H14N2O3. The molecule has 2 heterocycles. The van der Waals surface area contributed by atoms with Gasteiger partial charge in [-0.05, 0) is 18.6 Å². The summed E-state index contributed by atoms with van der Waals surface area (Å²) in [4.78, 5) is 15.5. The van der Waals surface area contributed by atoms with E-state index in [0.29, 0.717) is 23.7 Å². The topological polar surface area (TPSA) is 63.8 Å². The second-order valence-corrected chi connectivity index (χ2v) is 4.72. The minimum absolute atomic E-state index is 0.180. The second-order valence-electron chi connectivity index (χ2n) is 4.72. The van der Waals surface area contributed by atoms with Crippen LogP contribution >= 0.6 is 0 Å². The number of hydrogen-bond acceptors (Lipinski definition) is 3. The van der Waals surface area contributed by atoms with Crippen molar-refractivity contribution in [1.29, 1.82) is 0 Å². The summed E-state index contributed by atoms with van der Waals surface area (Å²) in [5.74, 6) is -0.328. The van der Waals surface area contributed by atoms with Crippen LogP contribution in [-0.2, 0) is 6.61 Å². The van der Waals surface area contributed by atoms with Crippen LogP contribution in [0.4, 0.5) is 0 Å². The molecule has 0 saturated carbocycles. The number of pyridine rings is 1. The molecule has 3 aromatic rings. The van der Waals surface area contributed by atoms with Gasteiger partial charge in [0.05, 0.1) is 5.69 Å². The van der Waals surface area contributed by atoms with E-state index in [1.165, 1.54) is 0 Å². The van der Waals surface area contributed by atoms with Gasteiger partial charge in [0.15, 0.2) is 5.69 Å². The van der Waals surface area contributed by atoms with Crippen molar-refractivity contribution in [3.63, 3.8) is 0 Å². The van der Waals surface area contributed by atoms with Crippen LogP contribution in [0.15, 0.2) is 48.7 Å². The Hall–Kier alpha value is -2.82. The van der Waals surface area contributed by atoms with Crippen LogP contribution in [0.3, 0.4) is 0 Å². The maximum atomic E-state index is 11.2. The van der Waals surface area contributed by atoms with E-state index in [9.17, 15) is 9.90 Å². The number of hydrogen-bond donors (Lipinski definition) is 1. The van der Waals surface area contributed by atoms with E-state index in [1.807, 2.05) is 30.3 Å². The number of benzene rings is 1. The van der Waals surface area contributed by atoms with Gasteiger partial charge in [0.1, 0.15) is 18.0 Å². The number of carboxylic acid groups (broad SMARTS) is 1. The number of carboxylic acids is 1. The van der Waals surface area contributed by atoms with E-state index in [4.69, 9.17) is 4.74 Å². The smallest absolute Gasteiger partial charge is 0.354 e. The van der Waals surface area contributed by atoms with Crippen LogP contribution in [-0.4, -0.2) is 20.5 Å². The van der Waals surface area contributed by atoms with E-state index >= 15 is 0 Å². The van der Waals surface area contributed by atoms with Crippen molar-refractivity contribution in [3.8, 4) is 5.75 Å². The standard InChI is InChI=1S/C16H14N2O3/c1-11-15(16(19)20)18-8-7-13(9-14(18)17-11)21-10-12-5-3-2-4-6-12/h2-9H,10H2,1H3,(H,19,20). The fourth-order valence-electron chi connectivity index (χ4n) is 2.23. The Morgan fingerprint density at radius 2 is 2.05 bits per heavy atom. The zero-order valence-electron chi connectivity index (χ0n) is 11.5. The predicted octanol–water partition coefficient (Wildman–Crippen LogP) is 2.92. The molecule has 3 rings (SSSR count). The molecule has 1 aromatic carbocycles. The van der Waals surface area contributed by atoms with E-state index in [2.05, 4.69) is 4.98 Å². The molecule has 5 heteroatoms. The van der Waals surface area contributed by atoms with Crippen LogP contribution in [0, 0.1) is 6.92 Å². The molecule has 0 aliphatic rings. The molecule has 0 spiro atoms. The Morgan fingerprint density at radius 1 is 1.29 bits per heavy atom. The molecule has 106 valence electrons. The van der Waals surface area contributed by atoms with Crippen molar-refractivity contribution in [2.45, 2.75) is 13.5 Å². The molecule has 2 aromatic heterocycles. The highest BCUT2D eigenvalue weighted by Crippen LogP contribution is 2.19. The highest BCUT2D eigenvalue weighted by atomic mass is 16.5. The number of rotatable bonds is 4.